The van der Waals surface area contributed by atoms with Crippen LogP contribution in [0.25, 0.3) is 10.9 Å². The van der Waals surface area contributed by atoms with Crippen LogP contribution in [0.15, 0.2) is 30.5 Å². The van der Waals surface area contributed by atoms with E-state index in [0.717, 1.165) is 17.0 Å². The van der Waals surface area contributed by atoms with Crippen LogP contribution in [0, 0.1) is 20.8 Å². The number of hydrogen-bond donors (Lipinski definition) is 1. The van der Waals surface area contributed by atoms with Gasteiger partial charge in [-0.15, -0.1) is 0 Å². The highest BCUT2D eigenvalue weighted by Crippen LogP contribution is 2.25. The van der Waals surface area contributed by atoms with Gasteiger partial charge in [0.2, 0.25) is 0 Å². The van der Waals surface area contributed by atoms with E-state index in [1.165, 1.54) is 22.1 Å². The molecule has 0 saturated heterocycles. The molecule has 22 heavy (non-hydrogen) atoms. The third-order valence-electron chi connectivity index (χ3n) is 4.05. The molecule has 0 fully saturated rings. The fourth-order valence-corrected chi connectivity index (χ4v) is 2.92. The molecule has 0 bridgehead atoms. The lowest BCUT2D eigenvalue weighted by atomic mass is 10.1. The van der Waals surface area contributed by atoms with E-state index in [1.54, 1.807) is 0 Å². The molecule has 3 rings (SSSR count). The van der Waals surface area contributed by atoms with Crippen molar-refractivity contribution in [3.8, 4) is 0 Å². The third-order valence-corrected chi connectivity index (χ3v) is 4.05. The Morgan fingerprint density at radius 1 is 1.14 bits per heavy atom. The maximum Gasteiger partial charge on any atom is 0.127 e. The molecule has 0 aliphatic heterocycles. The number of pyridine rings is 1. The molecule has 0 amide bonds. The van der Waals surface area contributed by atoms with Gasteiger partial charge >= 0.3 is 0 Å². The van der Waals surface area contributed by atoms with E-state index in [2.05, 4.69) is 61.6 Å². The van der Waals surface area contributed by atoms with E-state index in [9.17, 15) is 0 Å². The SMILES string of the molecule is Cc1ccc2nc(N[C@H](C)c3cn(C)nc3C)cc(C)c2c1. The summed E-state index contributed by atoms with van der Waals surface area (Å²) >= 11 is 0. The number of aromatic nitrogens is 3. The highest BCUT2D eigenvalue weighted by Gasteiger charge is 2.13. The van der Waals surface area contributed by atoms with Crippen LogP contribution in [-0.4, -0.2) is 14.8 Å². The monoisotopic (exact) mass is 294 g/mol. The minimum Gasteiger partial charge on any atom is -0.363 e. The molecule has 4 nitrogen and oxygen atoms in total. The minimum absolute atomic E-state index is 0.170. The lowest BCUT2D eigenvalue weighted by Gasteiger charge is -2.15. The Kier molecular flexibility index (Phi) is 3.61. The van der Waals surface area contributed by atoms with Gasteiger partial charge in [0.15, 0.2) is 0 Å². The maximum atomic E-state index is 4.74. The van der Waals surface area contributed by atoms with Gasteiger partial charge in [0.05, 0.1) is 17.3 Å². The summed E-state index contributed by atoms with van der Waals surface area (Å²) in [7, 11) is 1.95. The van der Waals surface area contributed by atoms with Crippen molar-refractivity contribution >= 4 is 16.7 Å². The van der Waals surface area contributed by atoms with E-state index in [-0.39, 0.29) is 6.04 Å². The fourth-order valence-electron chi connectivity index (χ4n) is 2.92. The van der Waals surface area contributed by atoms with E-state index < -0.39 is 0 Å². The Labute approximate surface area is 131 Å². The van der Waals surface area contributed by atoms with Crippen molar-refractivity contribution in [2.45, 2.75) is 33.7 Å². The number of aryl methyl sites for hydroxylation is 4. The first kappa shape index (κ1) is 14.6. The first-order chi connectivity index (χ1) is 10.4. The van der Waals surface area contributed by atoms with Crippen molar-refractivity contribution in [3.63, 3.8) is 0 Å². The smallest absolute Gasteiger partial charge is 0.127 e. The van der Waals surface area contributed by atoms with Crippen LogP contribution in [0.1, 0.15) is 35.3 Å². The molecule has 1 aromatic carbocycles. The number of anilines is 1. The quantitative estimate of drug-likeness (QED) is 0.792. The molecule has 1 N–H and O–H groups in total. The van der Waals surface area contributed by atoms with Gasteiger partial charge in [0.1, 0.15) is 5.82 Å². The Hall–Kier alpha value is -2.36. The van der Waals surface area contributed by atoms with Crippen molar-refractivity contribution in [2.75, 3.05) is 5.32 Å². The lowest BCUT2D eigenvalue weighted by Crippen LogP contribution is -2.08. The van der Waals surface area contributed by atoms with Crippen LogP contribution in [0.2, 0.25) is 0 Å². The molecule has 0 radical (unpaired) electrons. The second-order valence-electron chi connectivity index (χ2n) is 6.05. The van der Waals surface area contributed by atoms with Crippen LogP contribution >= 0.6 is 0 Å². The number of benzene rings is 1. The van der Waals surface area contributed by atoms with Crippen LogP contribution in [0.4, 0.5) is 5.82 Å². The Morgan fingerprint density at radius 3 is 2.59 bits per heavy atom. The summed E-state index contributed by atoms with van der Waals surface area (Å²) in [4.78, 5) is 4.74. The van der Waals surface area contributed by atoms with E-state index in [0.29, 0.717) is 0 Å². The molecule has 2 heterocycles. The topological polar surface area (TPSA) is 42.7 Å². The highest BCUT2D eigenvalue weighted by atomic mass is 15.3. The molecule has 0 saturated carbocycles. The molecule has 1 atom stereocenters. The standard InChI is InChI=1S/C18H22N4/c1-11-6-7-17-15(8-11)12(2)9-18(20-17)19-13(3)16-10-22(5)21-14(16)4/h6-10,13H,1-5H3,(H,19,20)/t13-/m1/s1. The van der Waals surface area contributed by atoms with Crippen LogP contribution in [0.5, 0.6) is 0 Å². The Morgan fingerprint density at radius 2 is 1.91 bits per heavy atom. The van der Waals surface area contributed by atoms with Crippen molar-refractivity contribution in [1.29, 1.82) is 0 Å². The van der Waals surface area contributed by atoms with Gasteiger partial charge in [-0.3, -0.25) is 4.68 Å². The Bertz CT molecular complexity index is 832. The molecule has 114 valence electrons. The molecular formula is C18H22N4. The van der Waals surface area contributed by atoms with E-state index >= 15 is 0 Å². The molecular weight excluding hydrogens is 272 g/mol. The zero-order valence-corrected chi connectivity index (χ0v) is 13.8. The second-order valence-corrected chi connectivity index (χ2v) is 6.05. The summed E-state index contributed by atoms with van der Waals surface area (Å²) in [5.41, 5.74) is 5.79. The summed E-state index contributed by atoms with van der Waals surface area (Å²) in [6.45, 7) is 8.42. The van der Waals surface area contributed by atoms with Crippen molar-refractivity contribution in [3.05, 3.63) is 52.8 Å². The lowest BCUT2D eigenvalue weighted by molar-refractivity contribution is 0.756. The second kappa shape index (κ2) is 5.44. The van der Waals surface area contributed by atoms with Gasteiger partial charge in [0.25, 0.3) is 0 Å². The Balaban J connectivity index is 1.94. The molecule has 0 aliphatic rings. The molecule has 0 aliphatic carbocycles. The fraction of sp³-hybridized carbons (Fsp3) is 0.333. The summed E-state index contributed by atoms with van der Waals surface area (Å²) in [5.74, 6) is 0.907. The normalized spacial score (nSPS) is 12.6. The van der Waals surface area contributed by atoms with Gasteiger partial charge in [-0.1, -0.05) is 11.6 Å². The van der Waals surface area contributed by atoms with Gasteiger partial charge in [-0.2, -0.15) is 5.10 Å². The predicted molar refractivity (Wildman–Crippen MR) is 91.2 cm³/mol. The number of nitrogens with zero attached hydrogens (tertiary/aromatic N) is 3. The summed E-state index contributed by atoms with van der Waals surface area (Å²) in [6, 6.07) is 8.67. The number of nitrogens with one attached hydrogen (secondary N) is 1. The van der Waals surface area contributed by atoms with Gasteiger partial charge < -0.3 is 5.32 Å². The van der Waals surface area contributed by atoms with Crippen LogP contribution in [0.3, 0.4) is 0 Å². The summed E-state index contributed by atoms with van der Waals surface area (Å²) in [6.07, 6.45) is 2.06. The predicted octanol–water partition coefficient (Wildman–Crippen LogP) is 4.07. The van der Waals surface area contributed by atoms with E-state index in [1.807, 2.05) is 18.7 Å². The van der Waals surface area contributed by atoms with Crippen LogP contribution in [-0.2, 0) is 7.05 Å². The van der Waals surface area contributed by atoms with Gasteiger partial charge in [0, 0.05) is 24.2 Å². The average Bonchev–Trinajstić information content (AvgIpc) is 2.79. The summed E-state index contributed by atoms with van der Waals surface area (Å²) < 4.78 is 1.85. The first-order valence-corrected chi connectivity index (χ1v) is 7.58. The van der Waals surface area contributed by atoms with E-state index in [4.69, 9.17) is 4.98 Å². The molecule has 0 unspecified atom stereocenters. The minimum atomic E-state index is 0.170. The average molecular weight is 294 g/mol. The molecule has 4 heteroatoms. The number of hydrogen-bond acceptors (Lipinski definition) is 3. The third kappa shape index (κ3) is 2.69. The van der Waals surface area contributed by atoms with Crippen molar-refractivity contribution in [1.82, 2.24) is 14.8 Å². The molecule has 2 aromatic heterocycles. The number of rotatable bonds is 3. The van der Waals surface area contributed by atoms with Crippen molar-refractivity contribution in [2.24, 2.45) is 7.05 Å². The van der Waals surface area contributed by atoms with Gasteiger partial charge in [-0.25, -0.2) is 4.98 Å². The van der Waals surface area contributed by atoms with Gasteiger partial charge in [-0.05, 0) is 51.5 Å². The summed E-state index contributed by atoms with van der Waals surface area (Å²) in [5, 5.41) is 9.12. The van der Waals surface area contributed by atoms with Crippen LogP contribution < -0.4 is 5.32 Å². The molecule has 0 spiro atoms. The number of fused-ring (bicyclic) bond motifs is 1. The highest BCUT2D eigenvalue weighted by molar-refractivity contribution is 5.84. The molecule has 3 aromatic rings. The maximum absolute atomic E-state index is 4.74. The largest absolute Gasteiger partial charge is 0.363 e. The zero-order chi connectivity index (χ0) is 15.9. The van der Waals surface area contributed by atoms with Crippen molar-refractivity contribution < 1.29 is 0 Å². The first-order valence-electron chi connectivity index (χ1n) is 7.58. The zero-order valence-electron chi connectivity index (χ0n) is 13.8.